The smallest absolute Gasteiger partial charge is 0.227 e. The maximum absolute atomic E-state index is 12.2. The van der Waals surface area contributed by atoms with Crippen molar-refractivity contribution >= 4 is 27.8 Å². The molecule has 7 heteroatoms. The molecule has 1 amide bonds. The molecule has 0 bridgehead atoms. The fourth-order valence-corrected chi connectivity index (χ4v) is 2.31. The lowest BCUT2D eigenvalue weighted by molar-refractivity contribution is -0.135. The predicted octanol–water partition coefficient (Wildman–Crippen LogP) is 0.871. The largest absolute Gasteiger partial charge is 0.339 e. The number of carbonyl (C=O) groups excluding carboxylic acids is 1. The van der Waals surface area contributed by atoms with Gasteiger partial charge in [0.05, 0.1) is 10.4 Å². The summed E-state index contributed by atoms with van der Waals surface area (Å²) >= 11 is 3.32. The predicted molar refractivity (Wildman–Crippen MR) is 81.3 cm³/mol. The highest BCUT2D eigenvalue weighted by atomic mass is 79.9. The zero-order valence-corrected chi connectivity index (χ0v) is 13.4. The molecule has 2 N–H and O–H groups in total. The lowest BCUT2D eigenvalue weighted by atomic mass is 10.0. The van der Waals surface area contributed by atoms with Crippen LogP contribution in [0.4, 0.5) is 5.95 Å². The van der Waals surface area contributed by atoms with E-state index in [0.717, 1.165) is 17.6 Å². The molecular weight excluding hydrogens is 322 g/mol. The Bertz CT molecular complexity index is 456. The first kappa shape index (κ1) is 15.2. The summed E-state index contributed by atoms with van der Waals surface area (Å²) in [6.45, 7) is 6.63. The Hall–Kier alpha value is -1.21. The number of piperazine rings is 1. The Balaban J connectivity index is 1.92. The molecule has 2 atom stereocenters. The summed E-state index contributed by atoms with van der Waals surface area (Å²) in [5, 5.41) is 0. The highest BCUT2D eigenvalue weighted by molar-refractivity contribution is 9.10. The van der Waals surface area contributed by atoms with Crippen LogP contribution in [0.1, 0.15) is 13.8 Å². The molecule has 110 valence electrons. The van der Waals surface area contributed by atoms with Crippen molar-refractivity contribution in [3.05, 3.63) is 16.9 Å². The minimum atomic E-state index is -0.134. The molecule has 0 aromatic carbocycles. The van der Waals surface area contributed by atoms with E-state index in [4.69, 9.17) is 5.73 Å². The molecule has 1 aliphatic heterocycles. The van der Waals surface area contributed by atoms with E-state index in [2.05, 4.69) is 30.8 Å². The molecule has 20 heavy (non-hydrogen) atoms. The van der Waals surface area contributed by atoms with Gasteiger partial charge in [-0.15, -0.1) is 0 Å². The van der Waals surface area contributed by atoms with Crippen LogP contribution in [0.2, 0.25) is 0 Å². The van der Waals surface area contributed by atoms with Crippen LogP contribution in [-0.2, 0) is 4.79 Å². The van der Waals surface area contributed by atoms with Crippen molar-refractivity contribution in [1.82, 2.24) is 14.9 Å². The van der Waals surface area contributed by atoms with E-state index in [1.807, 2.05) is 18.7 Å². The van der Waals surface area contributed by atoms with Gasteiger partial charge in [0.15, 0.2) is 0 Å². The van der Waals surface area contributed by atoms with Gasteiger partial charge in [-0.3, -0.25) is 4.79 Å². The fourth-order valence-electron chi connectivity index (χ4n) is 2.11. The van der Waals surface area contributed by atoms with E-state index in [1.54, 1.807) is 12.4 Å². The van der Waals surface area contributed by atoms with Gasteiger partial charge in [-0.05, 0) is 22.9 Å². The van der Waals surface area contributed by atoms with Crippen LogP contribution < -0.4 is 10.6 Å². The first-order valence-corrected chi connectivity index (χ1v) is 7.55. The molecule has 0 saturated carbocycles. The number of nitrogens with zero attached hydrogens (tertiary/aromatic N) is 4. The van der Waals surface area contributed by atoms with Crippen molar-refractivity contribution in [3.63, 3.8) is 0 Å². The number of hydrogen-bond acceptors (Lipinski definition) is 5. The van der Waals surface area contributed by atoms with Gasteiger partial charge in [0.25, 0.3) is 0 Å². The van der Waals surface area contributed by atoms with Crippen molar-refractivity contribution in [2.24, 2.45) is 11.7 Å². The normalized spacial score (nSPS) is 18.8. The molecule has 2 rings (SSSR count). The molecule has 2 heterocycles. The first-order chi connectivity index (χ1) is 9.49. The Morgan fingerprint density at radius 3 is 2.30 bits per heavy atom. The molecule has 1 saturated heterocycles. The van der Waals surface area contributed by atoms with E-state index in [0.29, 0.717) is 19.0 Å². The molecular formula is C13H20BrN5O. The van der Waals surface area contributed by atoms with E-state index >= 15 is 0 Å². The summed E-state index contributed by atoms with van der Waals surface area (Å²) in [7, 11) is 0. The Morgan fingerprint density at radius 1 is 1.25 bits per heavy atom. The minimum Gasteiger partial charge on any atom is -0.339 e. The number of anilines is 1. The van der Waals surface area contributed by atoms with Crippen LogP contribution in [-0.4, -0.2) is 53.0 Å². The van der Waals surface area contributed by atoms with Gasteiger partial charge >= 0.3 is 0 Å². The number of hydrogen-bond donors (Lipinski definition) is 1. The molecule has 1 fully saturated rings. The first-order valence-electron chi connectivity index (χ1n) is 6.76. The van der Waals surface area contributed by atoms with E-state index < -0.39 is 0 Å². The zero-order valence-electron chi connectivity index (χ0n) is 11.8. The van der Waals surface area contributed by atoms with E-state index in [-0.39, 0.29) is 17.9 Å². The average Bonchev–Trinajstić information content (AvgIpc) is 2.46. The lowest BCUT2D eigenvalue weighted by Gasteiger charge is -2.36. The maximum Gasteiger partial charge on any atom is 0.227 e. The summed E-state index contributed by atoms with van der Waals surface area (Å²) in [6.07, 6.45) is 3.47. The van der Waals surface area contributed by atoms with Crippen molar-refractivity contribution < 1.29 is 4.79 Å². The van der Waals surface area contributed by atoms with Gasteiger partial charge in [-0.25, -0.2) is 9.97 Å². The van der Waals surface area contributed by atoms with Gasteiger partial charge in [-0.2, -0.15) is 0 Å². The van der Waals surface area contributed by atoms with Crippen LogP contribution in [0.15, 0.2) is 16.9 Å². The van der Waals surface area contributed by atoms with Crippen LogP contribution in [0.25, 0.3) is 0 Å². The van der Waals surface area contributed by atoms with Crippen LogP contribution >= 0.6 is 15.9 Å². The number of nitrogens with two attached hydrogens (primary N) is 1. The third kappa shape index (κ3) is 3.46. The molecule has 2 unspecified atom stereocenters. The fraction of sp³-hybridized carbons (Fsp3) is 0.615. The van der Waals surface area contributed by atoms with E-state index in [9.17, 15) is 4.79 Å². The van der Waals surface area contributed by atoms with Gasteiger partial charge in [-0.1, -0.05) is 6.92 Å². The summed E-state index contributed by atoms with van der Waals surface area (Å²) < 4.78 is 0.862. The number of amides is 1. The highest BCUT2D eigenvalue weighted by Crippen LogP contribution is 2.15. The number of halogens is 1. The lowest BCUT2D eigenvalue weighted by Crippen LogP contribution is -2.52. The van der Waals surface area contributed by atoms with E-state index in [1.165, 1.54) is 0 Å². The molecule has 0 aliphatic carbocycles. The summed E-state index contributed by atoms with van der Waals surface area (Å²) in [6, 6.07) is -0.115. The van der Waals surface area contributed by atoms with Crippen LogP contribution in [0, 0.1) is 5.92 Å². The standard InChI is InChI=1S/C13H20BrN5O/c1-9(10(2)15)12(20)18-3-5-19(6-4-18)13-16-7-11(14)8-17-13/h7-10H,3-6,15H2,1-2H3. The molecule has 6 nitrogen and oxygen atoms in total. The van der Waals surface area contributed by atoms with Crippen molar-refractivity contribution in [1.29, 1.82) is 0 Å². The molecule has 1 aromatic rings. The summed E-state index contributed by atoms with van der Waals surface area (Å²) in [5.41, 5.74) is 5.79. The third-order valence-corrected chi connectivity index (χ3v) is 4.07. The number of rotatable bonds is 3. The molecule has 1 aliphatic rings. The summed E-state index contributed by atoms with van der Waals surface area (Å²) in [5.74, 6) is 0.711. The Kier molecular flexibility index (Phi) is 4.93. The van der Waals surface area contributed by atoms with Crippen molar-refractivity contribution in [3.8, 4) is 0 Å². The van der Waals surface area contributed by atoms with Crippen molar-refractivity contribution in [2.75, 3.05) is 31.1 Å². The monoisotopic (exact) mass is 341 g/mol. The number of carbonyl (C=O) groups is 1. The summed E-state index contributed by atoms with van der Waals surface area (Å²) in [4.78, 5) is 24.7. The van der Waals surface area contributed by atoms with Gasteiger partial charge < -0.3 is 15.5 Å². The van der Waals surface area contributed by atoms with Gasteiger partial charge in [0, 0.05) is 44.6 Å². The van der Waals surface area contributed by atoms with Crippen LogP contribution in [0.5, 0.6) is 0 Å². The Labute approximate surface area is 127 Å². The topological polar surface area (TPSA) is 75.4 Å². The minimum absolute atomic E-state index is 0.115. The average molecular weight is 342 g/mol. The maximum atomic E-state index is 12.2. The highest BCUT2D eigenvalue weighted by Gasteiger charge is 2.27. The third-order valence-electron chi connectivity index (χ3n) is 3.66. The van der Waals surface area contributed by atoms with Gasteiger partial charge in [0.2, 0.25) is 11.9 Å². The molecule has 0 radical (unpaired) electrons. The quantitative estimate of drug-likeness (QED) is 0.882. The Morgan fingerprint density at radius 2 is 1.80 bits per heavy atom. The second-order valence-corrected chi connectivity index (χ2v) is 6.08. The second kappa shape index (κ2) is 6.49. The zero-order chi connectivity index (χ0) is 14.7. The SMILES string of the molecule is CC(N)C(C)C(=O)N1CCN(c2ncc(Br)cn2)CC1. The van der Waals surface area contributed by atoms with Gasteiger partial charge in [0.1, 0.15) is 0 Å². The molecule has 1 aromatic heterocycles. The molecule has 0 spiro atoms. The second-order valence-electron chi connectivity index (χ2n) is 5.16. The van der Waals surface area contributed by atoms with Crippen molar-refractivity contribution in [2.45, 2.75) is 19.9 Å². The van der Waals surface area contributed by atoms with Crippen LogP contribution in [0.3, 0.4) is 0 Å². The number of aromatic nitrogens is 2.